The Morgan fingerprint density at radius 2 is 2.09 bits per heavy atom. The van der Waals surface area contributed by atoms with Gasteiger partial charge in [0.15, 0.2) is 0 Å². The van der Waals surface area contributed by atoms with Gasteiger partial charge in [-0.15, -0.1) is 12.4 Å². The number of rotatable bonds is 6. The van der Waals surface area contributed by atoms with Gasteiger partial charge in [-0.2, -0.15) is 0 Å². The minimum Gasteiger partial charge on any atom is -0.469 e. The monoisotopic (exact) mass is 326 g/mol. The van der Waals surface area contributed by atoms with Crippen LogP contribution in [0.4, 0.5) is 0 Å². The molecule has 2 atom stereocenters. The number of amides is 1. The first kappa shape index (κ1) is 18.5. The van der Waals surface area contributed by atoms with Gasteiger partial charge >= 0.3 is 5.97 Å². The largest absolute Gasteiger partial charge is 0.469 e. The zero-order chi connectivity index (χ0) is 15.1. The molecule has 1 aromatic rings. The minimum atomic E-state index is -0.257. The topological polar surface area (TPSA) is 67.4 Å². The molecule has 2 N–H and O–H groups in total. The number of carbonyl (C=O) groups excluding carboxylic acids is 2. The predicted octanol–water partition coefficient (Wildman–Crippen LogP) is 1.83. The second-order valence-corrected chi connectivity index (χ2v) is 5.28. The number of methoxy groups -OCH3 is 1. The summed E-state index contributed by atoms with van der Waals surface area (Å²) < 4.78 is 4.68. The van der Waals surface area contributed by atoms with Crippen LogP contribution < -0.4 is 10.6 Å². The molecule has 1 amide bonds. The molecule has 122 valence electrons. The van der Waals surface area contributed by atoms with Crippen LogP contribution in [0.1, 0.15) is 30.9 Å². The van der Waals surface area contributed by atoms with Crippen molar-refractivity contribution >= 4 is 24.3 Å². The van der Waals surface area contributed by atoms with Gasteiger partial charge in [0.05, 0.1) is 19.1 Å². The summed E-state index contributed by atoms with van der Waals surface area (Å²) in [5, 5.41) is 6.26. The van der Waals surface area contributed by atoms with Crippen molar-refractivity contribution in [3.8, 4) is 0 Å². The van der Waals surface area contributed by atoms with Gasteiger partial charge in [0.25, 0.3) is 0 Å². The van der Waals surface area contributed by atoms with Gasteiger partial charge in [-0.1, -0.05) is 30.3 Å². The predicted molar refractivity (Wildman–Crippen MR) is 86.8 cm³/mol. The maximum absolute atomic E-state index is 12.3. The van der Waals surface area contributed by atoms with E-state index < -0.39 is 0 Å². The van der Waals surface area contributed by atoms with Gasteiger partial charge in [-0.3, -0.25) is 9.59 Å². The van der Waals surface area contributed by atoms with E-state index in [1.807, 2.05) is 30.3 Å². The number of hydrogen-bond donors (Lipinski definition) is 2. The molecule has 0 saturated carbocycles. The van der Waals surface area contributed by atoms with E-state index in [1.54, 1.807) is 0 Å². The lowest BCUT2D eigenvalue weighted by molar-refractivity contribution is -0.141. The highest BCUT2D eigenvalue weighted by Gasteiger charge is 2.25. The van der Waals surface area contributed by atoms with E-state index in [9.17, 15) is 9.59 Å². The molecular weight excluding hydrogens is 304 g/mol. The van der Waals surface area contributed by atoms with Crippen molar-refractivity contribution in [2.45, 2.75) is 25.3 Å². The number of hydrogen-bond acceptors (Lipinski definition) is 4. The van der Waals surface area contributed by atoms with Crippen LogP contribution in [0, 0.1) is 5.92 Å². The maximum atomic E-state index is 12.3. The van der Waals surface area contributed by atoms with Crippen LogP contribution in [0.5, 0.6) is 0 Å². The van der Waals surface area contributed by atoms with Crippen molar-refractivity contribution < 1.29 is 14.3 Å². The molecule has 1 aromatic carbocycles. The van der Waals surface area contributed by atoms with E-state index in [1.165, 1.54) is 7.11 Å². The molecule has 2 unspecified atom stereocenters. The summed E-state index contributed by atoms with van der Waals surface area (Å²) in [7, 11) is 1.38. The average molecular weight is 327 g/mol. The fourth-order valence-electron chi connectivity index (χ4n) is 2.54. The molecule has 1 heterocycles. The van der Waals surface area contributed by atoms with Crippen LogP contribution in [0.2, 0.25) is 0 Å². The van der Waals surface area contributed by atoms with Crippen molar-refractivity contribution in [2.75, 3.05) is 20.2 Å². The lowest BCUT2D eigenvalue weighted by atomic mass is 10.00. The van der Waals surface area contributed by atoms with Crippen molar-refractivity contribution in [3.63, 3.8) is 0 Å². The number of carbonyl (C=O) groups is 2. The summed E-state index contributed by atoms with van der Waals surface area (Å²) in [5.74, 6) is -0.180. The quantitative estimate of drug-likeness (QED) is 0.783. The first-order valence-corrected chi connectivity index (χ1v) is 7.33. The van der Waals surface area contributed by atoms with E-state index >= 15 is 0 Å². The fraction of sp³-hybridized carbons (Fsp3) is 0.500. The summed E-state index contributed by atoms with van der Waals surface area (Å²) in [6, 6.07) is 9.58. The Morgan fingerprint density at radius 1 is 1.36 bits per heavy atom. The van der Waals surface area contributed by atoms with Crippen molar-refractivity contribution in [3.05, 3.63) is 35.9 Å². The smallest absolute Gasteiger partial charge is 0.305 e. The standard InChI is InChI=1S/C16H22N2O3.ClH/c1-21-15(19)8-7-14(12-5-3-2-4-6-12)18-16(20)13-9-10-17-11-13;/h2-6,13-14,17H,7-11H2,1H3,(H,18,20);1H. The molecule has 1 saturated heterocycles. The minimum absolute atomic E-state index is 0. The second kappa shape index (κ2) is 9.43. The van der Waals surface area contributed by atoms with Crippen LogP contribution in [0.15, 0.2) is 30.3 Å². The second-order valence-electron chi connectivity index (χ2n) is 5.28. The normalized spacial score (nSPS) is 18.1. The number of benzene rings is 1. The van der Waals surface area contributed by atoms with Crippen molar-refractivity contribution in [1.29, 1.82) is 0 Å². The third-order valence-corrected chi connectivity index (χ3v) is 3.81. The Kier molecular flexibility index (Phi) is 7.91. The molecule has 5 nitrogen and oxygen atoms in total. The first-order valence-electron chi connectivity index (χ1n) is 7.33. The van der Waals surface area contributed by atoms with Crippen LogP contribution in [0.25, 0.3) is 0 Å². The van der Waals surface area contributed by atoms with Crippen molar-refractivity contribution in [1.82, 2.24) is 10.6 Å². The third-order valence-electron chi connectivity index (χ3n) is 3.81. The van der Waals surface area contributed by atoms with Crippen LogP contribution >= 0.6 is 12.4 Å². The first-order chi connectivity index (χ1) is 10.2. The fourth-order valence-corrected chi connectivity index (χ4v) is 2.54. The van der Waals surface area contributed by atoms with E-state index in [2.05, 4.69) is 15.4 Å². The van der Waals surface area contributed by atoms with Gasteiger partial charge in [0, 0.05) is 13.0 Å². The summed E-state index contributed by atoms with van der Waals surface area (Å²) in [5.41, 5.74) is 1.01. The molecule has 22 heavy (non-hydrogen) atoms. The van der Waals surface area contributed by atoms with E-state index in [-0.39, 0.29) is 36.2 Å². The van der Waals surface area contributed by atoms with E-state index in [0.29, 0.717) is 12.8 Å². The van der Waals surface area contributed by atoms with Crippen LogP contribution in [0.3, 0.4) is 0 Å². The molecule has 0 radical (unpaired) electrons. The van der Waals surface area contributed by atoms with E-state index in [0.717, 1.165) is 25.1 Å². The highest BCUT2D eigenvalue weighted by molar-refractivity contribution is 5.85. The lowest BCUT2D eigenvalue weighted by Crippen LogP contribution is -2.35. The Hall–Kier alpha value is -1.59. The zero-order valence-corrected chi connectivity index (χ0v) is 13.5. The van der Waals surface area contributed by atoms with Crippen LogP contribution in [-0.4, -0.2) is 32.1 Å². The highest BCUT2D eigenvalue weighted by Crippen LogP contribution is 2.20. The number of nitrogens with one attached hydrogen (secondary N) is 2. The number of esters is 1. The Balaban J connectivity index is 0.00000242. The third kappa shape index (κ3) is 5.31. The maximum Gasteiger partial charge on any atom is 0.305 e. The van der Waals surface area contributed by atoms with Gasteiger partial charge < -0.3 is 15.4 Å². The molecular formula is C16H23ClN2O3. The van der Waals surface area contributed by atoms with Crippen molar-refractivity contribution in [2.24, 2.45) is 5.92 Å². The van der Waals surface area contributed by atoms with Crippen LogP contribution in [-0.2, 0) is 14.3 Å². The van der Waals surface area contributed by atoms with Gasteiger partial charge in [0.1, 0.15) is 0 Å². The molecule has 0 spiro atoms. The average Bonchev–Trinajstić information content (AvgIpc) is 3.06. The number of ether oxygens (including phenoxy) is 1. The molecule has 2 rings (SSSR count). The Bertz CT molecular complexity index is 476. The Labute approximate surface area is 137 Å². The molecule has 0 bridgehead atoms. The molecule has 0 aromatic heterocycles. The lowest BCUT2D eigenvalue weighted by Gasteiger charge is -2.21. The molecule has 0 aliphatic carbocycles. The summed E-state index contributed by atoms with van der Waals surface area (Å²) >= 11 is 0. The molecule has 1 aliphatic heterocycles. The van der Waals surface area contributed by atoms with Gasteiger partial charge in [0.2, 0.25) is 5.91 Å². The summed E-state index contributed by atoms with van der Waals surface area (Å²) in [6.07, 6.45) is 1.70. The Morgan fingerprint density at radius 3 is 2.68 bits per heavy atom. The summed E-state index contributed by atoms with van der Waals surface area (Å²) in [4.78, 5) is 23.6. The number of halogens is 1. The zero-order valence-electron chi connectivity index (χ0n) is 12.7. The highest BCUT2D eigenvalue weighted by atomic mass is 35.5. The molecule has 6 heteroatoms. The molecule has 1 aliphatic rings. The van der Waals surface area contributed by atoms with Gasteiger partial charge in [-0.05, 0) is 24.9 Å². The SMILES string of the molecule is COC(=O)CCC(NC(=O)C1CCNC1)c1ccccc1.Cl. The van der Waals surface area contributed by atoms with E-state index in [4.69, 9.17) is 0 Å². The molecule has 1 fully saturated rings. The van der Waals surface area contributed by atoms with Gasteiger partial charge in [-0.25, -0.2) is 0 Å². The summed E-state index contributed by atoms with van der Waals surface area (Å²) in [6.45, 7) is 1.61.